The Morgan fingerprint density at radius 3 is 2.47 bits per heavy atom. The first-order valence-electron chi connectivity index (χ1n) is 10.9. The largest absolute Gasteiger partial charge is 0.497 e. The third-order valence-corrected chi connectivity index (χ3v) is 6.16. The standard InChI is InChI=1S/C27H25NO4/c1-31-23-12-7-18(8-13-23)17-28(22-10-11-22)26(29)20-9-14-24-21(15-20)16-25(32-27(24)30)19-5-3-2-4-6-19/h2-9,12-15,22,25H,10-11,16-17H2,1H3. The molecule has 0 radical (unpaired) electrons. The van der Waals surface area contributed by atoms with Crippen LogP contribution >= 0.6 is 0 Å². The number of rotatable bonds is 6. The fourth-order valence-electron chi connectivity index (χ4n) is 4.23. The number of cyclic esters (lactones) is 1. The van der Waals surface area contributed by atoms with Crippen LogP contribution in [0.4, 0.5) is 0 Å². The van der Waals surface area contributed by atoms with Gasteiger partial charge in [0, 0.05) is 24.6 Å². The zero-order chi connectivity index (χ0) is 22.1. The van der Waals surface area contributed by atoms with Gasteiger partial charge in [0.1, 0.15) is 11.9 Å². The molecule has 0 bridgehead atoms. The highest BCUT2D eigenvalue weighted by Gasteiger charge is 2.34. The molecular weight excluding hydrogens is 402 g/mol. The van der Waals surface area contributed by atoms with E-state index in [9.17, 15) is 9.59 Å². The molecule has 0 aromatic heterocycles. The number of esters is 1. The van der Waals surface area contributed by atoms with Crippen molar-refractivity contribution >= 4 is 11.9 Å². The number of carbonyl (C=O) groups excluding carboxylic acids is 2. The van der Waals surface area contributed by atoms with Gasteiger partial charge in [-0.2, -0.15) is 0 Å². The van der Waals surface area contributed by atoms with Crippen LogP contribution < -0.4 is 4.74 Å². The number of carbonyl (C=O) groups is 2. The van der Waals surface area contributed by atoms with Crippen LogP contribution in [0.25, 0.3) is 0 Å². The lowest BCUT2D eigenvalue weighted by Crippen LogP contribution is -2.33. The Balaban J connectivity index is 1.39. The molecule has 0 spiro atoms. The lowest BCUT2D eigenvalue weighted by Gasteiger charge is -2.27. The Kier molecular flexibility index (Phi) is 5.39. The van der Waals surface area contributed by atoms with Crippen LogP contribution in [0.5, 0.6) is 5.75 Å². The second-order valence-corrected chi connectivity index (χ2v) is 8.39. The number of fused-ring (bicyclic) bond motifs is 1. The minimum absolute atomic E-state index is 0.00122. The maximum Gasteiger partial charge on any atom is 0.339 e. The number of hydrogen-bond acceptors (Lipinski definition) is 4. The van der Waals surface area contributed by atoms with Crippen LogP contribution in [-0.2, 0) is 17.7 Å². The molecule has 1 heterocycles. The van der Waals surface area contributed by atoms with E-state index in [1.165, 1.54) is 0 Å². The molecule has 3 aromatic carbocycles. The lowest BCUT2D eigenvalue weighted by molar-refractivity contribution is 0.0252. The van der Waals surface area contributed by atoms with E-state index in [4.69, 9.17) is 9.47 Å². The molecule has 1 unspecified atom stereocenters. The van der Waals surface area contributed by atoms with E-state index in [1.54, 1.807) is 19.2 Å². The van der Waals surface area contributed by atoms with Gasteiger partial charge in [0.25, 0.3) is 5.91 Å². The van der Waals surface area contributed by atoms with Gasteiger partial charge in [-0.05, 0) is 59.9 Å². The molecule has 2 aliphatic rings. The molecule has 162 valence electrons. The molecule has 1 saturated carbocycles. The van der Waals surface area contributed by atoms with E-state index in [-0.39, 0.29) is 24.0 Å². The van der Waals surface area contributed by atoms with Gasteiger partial charge in [-0.1, -0.05) is 42.5 Å². The normalized spacial score (nSPS) is 17.3. The van der Waals surface area contributed by atoms with Crippen molar-refractivity contribution in [2.45, 2.75) is 38.0 Å². The van der Waals surface area contributed by atoms with E-state index in [2.05, 4.69) is 0 Å². The molecule has 5 rings (SSSR count). The van der Waals surface area contributed by atoms with Crippen LogP contribution in [-0.4, -0.2) is 29.9 Å². The van der Waals surface area contributed by atoms with Crippen molar-refractivity contribution in [3.05, 3.63) is 101 Å². The van der Waals surface area contributed by atoms with E-state index >= 15 is 0 Å². The molecule has 1 aliphatic heterocycles. The van der Waals surface area contributed by atoms with Crippen LogP contribution in [0.1, 0.15) is 56.4 Å². The minimum Gasteiger partial charge on any atom is -0.497 e. The van der Waals surface area contributed by atoms with E-state index < -0.39 is 0 Å². The number of amides is 1. The minimum atomic E-state index is -0.337. The summed E-state index contributed by atoms with van der Waals surface area (Å²) in [6.07, 6.45) is 2.28. The van der Waals surface area contributed by atoms with Crippen LogP contribution in [0.2, 0.25) is 0 Å². The topological polar surface area (TPSA) is 55.8 Å². The average Bonchev–Trinajstić information content (AvgIpc) is 3.68. The molecule has 1 amide bonds. The van der Waals surface area contributed by atoms with Crippen LogP contribution in [0.3, 0.4) is 0 Å². The van der Waals surface area contributed by atoms with E-state index in [0.717, 1.165) is 35.3 Å². The zero-order valence-electron chi connectivity index (χ0n) is 18.0. The van der Waals surface area contributed by atoms with Crippen LogP contribution in [0, 0.1) is 0 Å². The number of benzene rings is 3. The summed E-state index contributed by atoms with van der Waals surface area (Å²) < 4.78 is 10.9. The highest BCUT2D eigenvalue weighted by molar-refractivity contribution is 5.98. The summed E-state index contributed by atoms with van der Waals surface area (Å²) in [7, 11) is 1.64. The number of nitrogens with zero attached hydrogens (tertiary/aromatic N) is 1. The molecule has 5 heteroatoms. The molecule has 1 atom stereocenters. The van der Waals surface area contributed by atoms with Gasteiger partial charge in [-0.3, -0.25) is 4.79 Å². The Labute approximate surface area is 187 Å². The quantitative estimate of drug-likeness (QED) is 0.522. The Hall–Kier alpha value is -3.60. The molecule has 0 N–H and O–H groups in total. The number of ether oxygens (including phenoxy) is 2. The summed E-state index contributed by atoms with van der Waals surface area (Å²) >= 11 is 0. The maximum absolute atomic E-state index is 13.5. The summed E-state index contributed by atoms with van der Waals surface area (Å²) in [5, 5.41) is 0. The molecule has 1 fully saturated rings. The highest BCUT2D eigenvalue weighted by atomic mass is 16.5. The Bertz CT molecular complexity index is 1140. The van der Waals surface area contributed by atoms with Gasteiger partial charge in [0.05, 0.1) is 12.7 Å². The van der Waals surface area contributed by atoms with Crippen molar-refractivity contribution in [1.82, 2.24) is 4.90 Å². The van der Waals surface area contributed by atoms with Gasteiger partial charge in [0.2, 0.25) is 0 Å². The summed E-state index contributed by atoms with van der Waals surface area (Å²) in [6.45, 7) is 0.555. The van der Waals surface area contributed by atoms with Gasteiger partial charge >= 0.3 is 5.97 Å². The SMILES string of the molecule is COc1ccc(CN(C(=O)c2ccc3c(c2)CC(c2ccccc2)OC3=O)C2CC2)cc1. The molecule has 5 nitrogen and oxygen atoms in total. The summed E-state index contributed by atoms with van der Waals surface area (Å²) in [5.41, 5.74) is 4.05. The first-order chi connectivity index (χ1) is 15.6. The van der Waals surface area contributed by atoms with Crippen molar-refractivity contribution in [3.8, 4) is 5.75 Å². The first kappa shape index (κ1) is 20.3. The zero-order valence-corrected chi connectivity index (χ0v) is 18.0. The van der Waals surface area contributed by atoms with E-state index in [0.29, 0.717) is 24.1 Å². The molecule has 0 saturated heterocycles. The maximum atomic E-state index is 13.5. The molecular formula is C27H25NO4. The van der Waals surface area contributed by atoms with Crippen molar-refractivity contribution in [2.24, 2.45) is 0 Å². The van der Waals surface area contributed by atoms with Crippen molar-refractivity contribution in [2.75, 3.05) is 7.11 Å². The Morgan fingerprint density at radius 2 is 1.78 bits per heavy atom. The monoisotopic (exact) mass is 427 g/mol. The molecule has 1 aliphatic carbocycles. The van der Waals surface area contributed by atoms with Gasteiger partial charge in [0.15, 0.2) is 0 Å². The van der Waals surface area contributed by atoms with Gasteiger partial charge in [-0.25, -0.2) is 4.79 Å². The fraction of sp³-hybridized carbons (Fsp3) is 0.259. The first-order valence-corrected chi connectivity index (χ1v) is 10.9. The lowest BCUT2D eigenvalue weighted by atomic mass is 9.93. The number of methoxy groups -OCH3 is 1. The van der Waals surface area contributed by atoms with E-state index in [1.807, 2.05) is 65.6 Å². The van der Waals surface area contributed by atoms with Crippen LogP contribution in [0.15, 0.2) is 72.8 Å². The highest BCUT2D eigenvalue weighted by Crippen LogP contribution is 2.33. The second-order valence-electron chi connectivity index (χ2n) is 8.39. The van der Waals surface area contributed by atoms with Crippen molar-refractivity contribution < 1.29 is 19.1 Å². The third kappa shape index (κ3) is 4.11. The number of hydrogen-bond donors (Lipinski definition) is 0. The summed E-state index contributed by atoms with van der Waals surface area (Å²) in [4.78, 5) is 28.0. The van der Waals surface area contributed by atoms with Gasteiger partial charge < -0.3 is 14.4 Å². The van der Waals surface area contributed by atoms with Crippen molar-refractivity contribution in [3.63, 3.8) is 0 Å². The summed E-state index contributed by atoms with van der Waals surface area (Å²) in [5.74, 6) is 0.463. The van der Waals surface area contributed by atoms with Gasteiger partial charge in [-0.15, -0.1) is 0 Å². The summed E-state index contributed by atoms with van der Waals surface area (Å²) in [6, 6.07) is 23.2. The predicted octanol–water partition coefficient (Wildman–Crippen LogP) is 4.95. The molecule has 3 aromatic rings. The average molecular weight is 428 g/mol. The Morgan fingerprint density at radius 1 is 1.03 bits per heavy atom. The fourth-order valence-corrected chi connectivity index (χ4v) is 4.23. The predicted molar refractivity (Wildman–Crippen MR) is 121 cm³/mol. The third-order valence-electron chi connectivity index (χ3n) is 6.16. The molecule has 32 heavy (non-hydrogen) atoms. The smallest absolute Gasteiger partial charge is 0.339 e. The van der Waals surface area contributed by atoms with Crippen molar-refractivity contribution in [1.29, 1.82) is 0 Å². The second kappa shape index (κ2) is 8.50.